The molecule has 2 aromatic carbocycles. The number of rotatable bonds is 5. The predicted octanol–water partition coefficient (Wildman–Crippen LogP) is 3.12. The van der Waals surface area contributed by atoms with Crippen molar-refractivity contribution in [1.82, 2.24) is 14.8 Å². The zero-order valence-electron chi connectivity index (χ0n) is 12.3. The van der Waals surface area contributed by atoms with Crippen LogP contribution in [0.5, 0.6) is 5.75 Å². The highest BCUT2D eigenvalue weighted by Gasteiger charge is 2.08. The Kier molecular flexibility index (Phi) is 4.46. The summed E-state index contributed by atoms with van der Waals surface area (Å²) in [6.07, 6.45) is 2.97. The molecule has 0 aliphatic carbocycles. The fourth-order valence-electron chi connectivity index (χ4n) is 2.03. The van der Waals surface area contributed by atoms with Crippen molar-refractivity contribution in [2.75, 3.05) is 5.32 Å². The second-order valence-electron chi connectivity index (χ2n) is 4.74. The molecule has 0 spiro atoms. The van der Waals surface area contributed by atoms with E-state index < -0.39 is 6.61 Å². The average Bonchev–Trinajstić information content (AvgIpc) is 3.11. The number of hydrogen-bond acceptors (Lipinski definition) is 4. The monoisotopic (exact) mass is 330 g/mol. The molecule has 0 saturated heterocycles. The quantitative estimate of drug-likeness (QED) is 0.780. The van der Waals surface area contributed by atoms with E-state index in [1.807, 2.05) is 0 Å². The van der Waals surface area contributed by atoms with Gasteiger partial charge >= 0.3 is 6.61 Å². The normalized spacial score (nSPS) is 10.6. The third-order valence-electron chi connectivity index (χ3n) is 3.15. The number of carbonyl (C=O) groups is 1. The molecule has 1 amide bonds. The molecular weight excluding hydrogens is 318 g/mol. The number of ether oxygens (including phenoxy) is 1. The minimum Gasteiger partial charge on any atom is -0.435 e. The van der Waals surface area contributed by atoms with Crippen molar-refractivity contribution in [2.24, 2.45) is 0 Å². The van der Waals surface area contributed by atoms with Gasteiger partial charge in [-0.25, -0.2) is 9.67 Å². The van der Waals surface area contributed by atoms with Gasteiger partial charge in [-0.05, 0) is 48.5 Å². The summed E-state index contributed by atoms with van der Waals surface area (Å²) in [6.45, 7) is -2.88. The molecule has 3 rings (SSSR count). The first-order valence-electron chi connectivity index (χ1n) is 6.93. The van der Waals surface area contributed by atoms with Gasteiger partial charge in [0, 0.05) is 11.3 Å². The summed E-state index contributed by atoms with van der Waals surface area (Å²) in [5.41, 5.74) is 1.70. The lowest BCUT2D eigenvalue weighted by Gasteiger charge is -2.08. The van der Waals surface area contributed by atoms with Crippen molar-refractivity contribution in [1.29, 1.82) is 0 Å². The largest absolute Gasteiger partial charge is 0.435 e. The van der Waals surface area contributed by atoms with Crippen LogP contribution in [0.15, 0.2) is 61.2 Å². The van der Waals surface area contributed by atoms with Gasteiger partial charge in [-0.1, -0.05) is 0 Å². The number of hydrogen-bond donors (Lipinski definition) is 1. The highest BCUT2D eigenvalue weighted by Crippen LogP contribution is 2.18. The Balaban J connectivity index is 1.66. The molecule has 0 atom stereocenters. The van der Waals surface area contributed by atoms with Crippen LogP contribution in [0.2, 0.25) is 0 Å². The van der Waals surface area contributed by atoms with Crippen molar-refractivity contribution < 1.29 is 18.3 Å². The molecule has 0 fully saturated rings. The smallest absolute Gasteiger partial charge is 0.387 e. The lowest BCUT2D eigenvalue weighted by atomic mass is 10.2. The molecule has 1 N–H and O–H groups in total. The molecule has 24 heavy (non-hydrogen) atoms. The highest BCUT2D eigenvalue weighted by molar-refractivity contribution is 6.04. The molecule has 0 bridgehead atoms. The van der Waals surface area contributed by atoms with E-state index >= 15 is 0 Å². The number of alkyl halides is 2. The molecule has 0 aliphatic heterocycles. The Morgan fingerprint density at radius 2 is 1.79 bits per heavy atom. The van der Waals surface area contributed by atoms with Gasteiger partial charge in [-0.2, -0.15) is 13.9 Å². The van der Waals surface area contributed by atoms with Crippen LogP contribution < -0.4 is 10.1 Å². The Morgan fingerprint density at radius 3 is 2.38 bits per heavy atom. The highest BCUT2D eigenvalue weighted by atomic mass is 19.3. The van der Waals surface area contributed by atoms with Crippen LogP contribution in [0.4, 0.5) is 14.5 Å². The third-order valence-corrected chi connectivity index (χ3v) is 3.15. The molecule has 6 nitrogen and oxygen atoms in total. The second-order valence-corrected chi connectivity index (χ2v) is 4.74. The van der Waals surface area contributed by atoms with Gasteiger partial charge in [0.1, 0.15) is 18.4 Å². The summed E-state index contributed by atoms with van der Waals surface area (Å²) in [5, 5.41) is 6.67. The van der Waals surface area contributed by atoms with Crippen LogP contribution in [0.3, 0.4) is 0 Å². The van der Waals surface area contributed by atoms with Crippen molar-refractivity contribution in [2.45, 2.75) is 6.61 Å². The standard InChI is InChI=1S/C16H12F2N4O2/c17-16(18)24-14-7-3-12(4-8-14)21-15(23)11-1-5-13(6-2-11)22-10-19-9-20-22/h1-10,16H,(H,21,23). The predicted molar refractivity (Wildman–Crippen MR) is 82.4 cm³/mol. The molecule has 0 unspecified atom stereocenters. The summed E-state index contributed by atoms with van der Waals surface area (Å²) in [6, 6.07) is 12.5. The van der Waals surface area contributed by atoms with Gasteiger partial charge in [0.25, 0.3) is 5.91 Å². The number of nitrogens with one attached hydrogen (secondary N) is 1. The minimum absolute atomic E-state index is 0.0279. The SMILES string of the molecule is O=C(Nc1ccc(OC(F)F)cc1)c1ccc(-n2cncn2)cc1. The maximum atomic E-state index is 12.2. The van der Waals surface area contributed by atoms with Gasteiger partial charge in [-0.15, -0.1) is 0 Å². The van der Waals surface area contributed by atoms with Crippen molar-refractivity contribution >= 4 is 11.6 Å². The first kappa shape index (κ1) is 15.6. The molecule has 3 aromatic rings. The fraction of sp³-hybridized carbons (Fsp3) is 0.0625. The Labute approximate surface area is 135 Å². The van der Waals surface area contributed by atoms with Crippen LogP contribution in [0.25, 0.3) is 5.69 Å². The van der Waals surface area contributed by atoms with Crippen LogP contribution >= 0.6 is 0 Å². The summed E-state index contributed by atoms with van der Waals surface area (Å²) in [5.74, 6) is -0.289. The summed E-state index contributed by atoms with van der Waals surface area (Å²) in [4.78, 5) is 16.0. The summed E-state index contributed by atoms with van der Waals surface area (Å²) >= 11 is 0. The van der Waals surface area contributed by atoms with Crippen molar-refractivity contribution in [3.05, 3.63) is 66.7 Å². The molecule has 1 aromatic heterocycles. The number of halogens is 2. The molecule has 0 aliphatic rings. The van der Waals surface area contributed by atoms with E-state index in [1.54, 1.807) is 35.3 Å². The topological polar surface area (TPSA) is 69.0 Å². The maximum Gasteiger partial charge on any atom is 0.387 e. The van der Waals surface area contributed by atoms with Crippen molar-refractivity contribution in [3.8, 4) is 11.4 Å². The number of anilines is 1. The average molecular weight is 330 g/mol. The third kappa shape index (κ3) is 3.72. The molecule has 8 heteroatoms. The number of nitrogens with zero attached hydrogens (tertiary/aromatic N) is 3. The van der Waals surface area contributed by atoms with Crippen LogP contribution in [-0.4, -0.2) is 27.3 Å². The zero-order valence-corrected chi connectivity index (χ0v) is 12.3. The molecular formula is C16H12F2N4O2. The molecule has 122 valence electrons. The fourth-order valence-corrected chi connectivity index (χ4v) is 2.03. The van der Waals surface area contributed by atoms with E-state index in [4.69, 9.17) is 0 Å². The van der Waals surface area contributed by atoms with E-state index in [2.05, 4.69) is 20.1 Å². The van der Waals surface area contributed by atoms with Gasteiger partial charge < -0.3 is 10.1 Å². The number of amides is 1. The zero-order chi connectivity index (χ0) is 16.9. The van der Waals surface area contributed by atoms with Crippen LogP contribution in [0.1, 0.15) is 10.4 Å². The Hall–Kier alpha value is -3.29. The van der Waals surface area contributed by atoms with E-state index in [1.165, 1.54) is 30.6 Å². The van der Waals surface area contributed by atoms with Gasteiger partial charge in [0.15, 0.2) is 0 Å². The first-order valence-corrected chi connectivity index (χ1v) is 6.93. The molecule has 0 radical (unpaired) electrons. The Morgan fingerprint density at radius 1 is 1.08 bits per heavy atom. The van der Waals surface area contributed by atoms with Crippen LogP contribution in [-0.2, 0) is 0 Å². The minimum atomic E-state index is -2.88. The lowest BCUT2D eigenvalue weighted by molar-refractivity contribution is -0.0498. The number of aromatic nitrogens is 3. The lowest BCUT2D eigenvalue weighted by Crippen LogP contribution is -2.12. The summed E-state index contributed by atoms with van der Waals surface area (Å²) in [7, 11) is 0. The second kappa shape index (κ2) is 6.86. The van der Waals surface area contributed by atoms with E-state index in [0.717, 1.165) is 5.69 Å². The molecule has 0 saturated carbocycles. The molecule has 1 heterocycles. The number of carbonyl (C=O) groups excluding carboxylic acids is 1. The van der Waals surface area contributed by atoms with E-state index in [9.17, 15) is 13.6 Å². The van der Waals surface area contributed by atoms with E-state index in [0.29, 0.717) is 11.3 Å². The Bertz CT molecular complexity index is 803. The maximum absolute atomic E-state index is 12.2. The van der Waals surface area contributed by atoms with Crippen molar-refractivity contribution in [3.63, 3.8) is 0 Å². The van der Waals surface area contributed by atoms with E-state index in [-0.39, 0.29) is 11.7 Å². The van der Waals surface area contributed by atoms with Crippen LogP contribution in [0, 0.1) is 0 Å². The van der Waals surface area contributed by atoms with Gasteiger partial charge in [0.2, 0.25) is 0 Å². The van der Waals surface area contributed by atoms with Gasteiger partial charge in [-0.3, -0.25) is 4.79 Å². The summed E-state index contributed by atoms with van der Waals surface area (Å²) < 4.78 is 30.0. The van der Waals surface area contributed by atoms with Gasteiger partial charge in [0.05, 0.1) is 5.69 Å². The first-order chi connectivity index (χ1) is 11.6. The number of benzene rings is 2.